The fraction of sp³-hybridized carbons (Fsp3) is 0.143. The van der Waals surface area contributed by atoms with Gasteiger partial charge in [0.2, 0.25) is 0 Å². The summed E-state index contributed by atoms with van der Waals surface area (Å²) in [6.45, 7) is 2.00. The van der Waals surface area contributed by atoms with Crippen molar-refractivity contribution >= 4 is 17.6 Å². The quantitative estimate of drug-likeness (QED) is 0.857. The Hall–Kier alpha value is -2.56. The van der Waals surface area contributed by atoms with Gasteiger partial charge in [0.05, 0.1) is 24.1 Å². The molecular weight excluding hydrogens is 246 g/mol. The number of benzene rings is 1. The van der Waals surface area contributed by atoms with Crippen LogP contribution in [0, 0.1) is 0 Å². The van der Waals surface area contributed by atoms with Crippen molar-refractivity contribution in [2.45, 2.75) is 6.92 Å². The van der Waals surface area contributed by atoms with Crippen molar-refractivity contribution in [3.63, 3.8) is 0 Å². The van der Waals surface area contributed by atoms with Gasteiger partial charge >= 0.3 is 5.97 Å². The van der Waals surface area contributed by atoms with Gasteiger partial charge < -0.3 is 14.5 Å². The minimum absolute atomic E-state index is 0.179. The topological polar surface area (TPSA) is 68.5 Å². The van der Waals surface area contributed by atoms with Crippen LogP contribution in [0.1, 0.15) is 27.8 Å². The molecule has 2 rings (SSSR count). The number of furan rings is 1. The highest BCUT2D eigenvalue weighted by Gasteiger charge is 2.15. The number of hydrogen-bond donors (Lipinski definition) is 1. The Morgan fingerprint density at radius 1 is 1.21 bits per heavy atom. The molecule has 5 nitrogen and oxygen atoms in total. The van der Waals surface area contributed by atoms with Crippen LogP contribution >= 0.6 is 0 Å². The highest BCUT2D eigenvalue weighted by molar-refractivity contribution is 6.06. The summed E-state index contributed by atoms with van der Waals surface area (Å²) in [5, 5.41) is 2.62. The number of amides is 1. The lowest BCUT2D eigenvalue weighted by Gasteiger charge is -2.09. The van der Waals surface area contributed by atoms with E-state index in [1.54, 1.807) is 43.3 Å². The molecule has 5 heteroatoms. The van der Waals surface area contributed by atoms with E-state index >= 15 is 0 Å². The Balaban J connectivity index is 2.21. The molecule has 0 atom stereocenters. The summed E-state index contributed by atoms with van der Waals surface area (Å²) >= 11 is 0. The van der Waals surface area contributed by atoms with E-state index in [0.29, 0.717) is 11.3 Å². The zero-order valence-corrected chi connectivity index (χ0v) is 10.4. The number of rotatable bonds is 4. The molecule has 0 unspecified atom stereocenters. The number of esters is 1. The van der Waals surface area contributed by atoms with E-state index in [4.69, 9.17) is 9.15 Å². The molecule has 0 aliphatic heterocycles. The Bertz CT molecular complexity index is 575. The molecule has 2 aromatic rings. The maximum Gasteiger partial charge on any atom is 0.340 e. The van der Waals surface area contributed by atoms with Gasteiger partial charge in [-0.05, 0) is 31.2 Å². The highest BCUT2D eigenvalue weighted by atomic mass is 16.5. The van der Waals surface area contributed by atoms with Crippen LogP contribution in [0.15, 0.2) is 47.1 Å². The molecular formula is C14H13NO4. The second-order valence-electron chi connectivity index (χ2n) is 3.70. The number of ether oxygens (including phenoxy) is 1. The fourth-order valence-electron chi connectivity index (χ4n) is 1.57. The standard InChI is InChI=1S/C14H13NO4/c1-2-18-14(17)10-6-3-4-7-11(10)15-13(16)12-8-5-9-19-12/h3-9H,2H2,1H3,(H,15,16). The lowest BCUT2D eigenvalue weighted by atomic mass is 10.1. The zero-order chi connectivity index (χ0) is 13.7. The Morgan fingerprint density at radius 3 is 2.68 bits per heavy atom. The van der Waals surface area contributed by atoms with Crippen LogP contribution in [0.2, 0.25) is 0 Å². The number of hydrogen-bond acceptors (Lipinski definition) is 4. The number of nitrogens with one attached hydrogen (secondary N) is 1. The van der Waals surface area contributed by atoms with Crippen molar-refractivity contribution in [1.29, 1.82) is 0 Å². The lowest BCUT2D eigenvalue weighted by Crippen LogP contribution is -2.15. The summed E-state index contributed by atoms with van der Waals surface area (Å²) in [5.74, 6) is -0.710. The van der Waals surface area contributed by atoms with Crippen LogP contribution in [-0.2, 0) is 4.74 Å². The van der Waals surface area contributed by atoms with Gasteiger partial charge in [-0.2, -0.15) is 0 Å². The molecule has 0 aliphatic rings. The van der Waals surface area contributed by atoms with Crippen molar-refractivity contribution in [2.24, 2.45) is 0 Å². The first-order chi connectivity index (χ1) is 9.22. The molecule has 1 N–H and O–H groups in total. The van der Waals surface area contributed by atoms with Gasteiger partial charge in [-0.1, -0.05) is 12.1 Å². The molecule has 19 heavy (non-hydrogen) atoms. The maximum atomic E-state index is 11.9. The molecule has 0 bridgehead atoms. The van der Waals surface area contributed by atoms with Gasteiger partial charge in [0, 0.05) is 0 Å². The average Bonchev–Trinajstić information content (AvgIpc) is 2.93. The van der Waals surface area contributed by atoms with E-state index in [1.807, 2.05) is 0 Å². The number of anilines is 1. The second kappa shape index (κ2) is 5.86. The lowest BCUT2D eigenvalue weighted by molar-refractivity contribution is 0.0527. The third kappa shape index (κ3) is 3.01. The fourth-order valence-corrected chi connectivity index (χ4v) is 1.57. The van der Waals surface area contributed by atoms with Crippen LogP contribution in [0.3, 0.4) is 0 Å². The highest BCUT2D eigenvalue weighted by Crippen LogP contribution is 2.17. The molecule has 1 aromatic carbocycles. The van der Waals surface area contributed by atoms with E-state index < -0.39 is 11.9 Å². The minimum atomic E-state index is -0.474. The third-order valence-electron chi connectivity index (χ3n) is 2.42. The van der Waals surface area contributed by atoms with Crippen LogP contribution in [-0.4, -0.2) is 18.5 Å². The Labute approximate surface area is 110 Å². The Morgan fingerprint density at radius 2 is 2.00 bits per heavy atom. The van der Waals surface area contributed by atoms with Crippen molar-refractivity contribution in [1.82, 2.24) is 0 Å². The largest absolute Gasteiger partial charge is 0.462 e. The van der Waals surface area contributed by atoms with Gasteiger partial charge in [-0.3, -0.25) is 4.79 Å². The molecule has 1 aromatic heterocycles. The molecule has 0 aliphatic carbocycles. The smallest absolute Gasteiger partial charge is 0.340 e. The summed E-state index contributed by atoms with van der Waals surface area (Å²) in [5.41, 5.74) is 0.701. The minimum Gasteiger partial charge on any atom is -0.462 e. The Kier molecular flexibility index (Phi) is 3.97. The zero-order valence-electron chi connectivity index (χ0n) is 10.4. The average molecular weight is 259 g/mol. The molecule has 1 amide bonds. The first-order valence-electron chi connectivity index (χ1n) is 5.83. The summed E-state index contributed by atoms with van der Waals surface area (Å²) in [7, 11) is 0. The van der Waals surface area contributed by atoms with Gasteiger partial charge in [0.1, 0.15) is 0 Å². The number of carbonyl (C=O) groups is 2. The SMILES string of the molecule is CCOC(=O)c1ccccc1NC(=O)c1ccco1. The first-order valence-corrected chi connectivity index (χ1v) is 5.83. The van der Waals surface area contributed by atoms with Crippen LogP contribution in [0.25, 0.3) is 0 Å². The molecule has 1 heterocycles. The first kappa shape index (κ1) is 12.9. The predicted molar refractivity (Wildman–Crippen MR) is 69.1 cm³/mol. The summed E-state index contributed by atoms with van der Waals surface area (Å²) in [6, 6.07) is 9.81. The van der Waals surface area contributed by atoms with Crippen molar-refractivity contribution < 1.29 is 18.7 Å². The van der Waals surface area contributed by atoms with Crippen LogP contribution in [0.5, 0.6) is 0 Å². The van der Waals surface area contributed by atoms with E-state index in [9.17, 15) is 9.59 Å². The van der Waals surface area contributed by atoms with Gasteiger partial charge in [0.25, 0.3) is 5.91 Å². The van der Waals surface area contributed by atoms with Gasteiger partial charge in [-0.15, -0.1) is 0 Å². The van der Waals surface area contributed by atoms with Crippen molar-refractivity contribution in [2.75, 3.05) is 11.9 Å². The molecule has 98 valence electrons. The van der Waals surface area contributed by atoms with Crippen molar-refractivity contribution in [3.05, 3.63) is 54.0 Å². The van der Waals surface area contributed by atoms with E-state index in [-0.39, 0.29) is 12.4 Å². The summed E-state index contributed by atoms with van der Waals surface area (Å²) < 4.78 is 9.91. The van der Waals surface area contributed by atoms with Crippen molar-refractivity contribution in [3.8, 4) is 0 Å². The van der Waals surface area contributed by atoms with Crippen LogP contribution < -0.4 is 5.32 Å². The molecule has 0 radical (unpaired) electrons. The van der Waals surface area contributed by atoms with E-state index in [1.165, 1.54) is 6.26 Å². The summed E-state index contributed by atoms with van der Waals surface area (Å²) in [4.78, 5) is 23.6. The monoisotopic (exact) mass is 259 g/mol. The van der Waals surface area contributed by atoms with Gasteiger partial charge in [0.15, 0.2) is 5.76 Å². The molecule has 0 saturated heterocycles. The molecule has 0 spiro atoms. The van der Waals surface area contributed by atoms with E-state index in [0.717, 1.165) is 0 Å². The van der Waals surface area contributed by atoms with Crippen LogP contribution in [0.4, 0.5) is 5.69 Å². The molecule has 0 saturated carbocycles. The predicted octanol–water partition coefficient (Wildman–Crippen LogP) is 2.71. The normalized spacial score (nSPS) is 9.95. The molecule has 0 fully saturated rings. The second-order valence-corrected chi connectivity index (χ2v) is 3.70. The van der Waals surface area contributed by atoms with E-state index in [2.05, 4.69) is 5.32 Å². The van der Waals surface area contributed by atoms with Gasteiger partial charge in [-0.25, -0.2) is 4.79 Å². The third-order valence-corrected chi connectivity index (χ3v) is 2.42. The maximum absolute atomic E-state index is 11.9. The number of carbonyl (C=O) groups excluding carboxylic acids is 2. The summed E-state index contributed by atoms with van der Waals surface area (Å²) in [6.07, 6.45) is 1.41. The number of para-hydroxylation sites is 1.